The highest BCUT2D eigenvalue weighted by atomic mass is 16.3. The number of nitrogens with one attached hydrogen (secondary N) is 2. The molecular formula is C21H26N4O6. The van der Waals surface area contributed by atoms with Crippen LogP contribution in [0.4, 0.5) is 0 Å². The van der Waals surface area contributed by atoms with Crippen molar-refractivity contribution < 1.29 is 24.3 Å². The first kappa shape index (κ1) is 21.2. The SMILES string of the molecule is O=C1CC[C@H](N2Cc3c(ccn(C4CCC5(CC4)CNC5)c3=O)C2=O)C(=O)N1.O=CO. The van der Waals surface area contributed by atoms with Crippen molar-refractivity contribution in [2.75, 3.05) is 13.1 Å². The van der Waals surface area contributed by atoms with Crippen molar-refractivity contribution >= 4 is 24.2 Å². The monoisotopic (exact) mass is 430 g/mol. The van der Waals surface area contributed by atoms with Crippen LogP contribution in [0.25, 0.3) is 0 Å². The van der Waals surface area contributed by atoms with Gasteiger partial charge in [-0.1, -0.05) is 0 Å². The van der Waals surface area contributed by atoms with Crippen molar-refractivity contribution in [2.24, 2.45) is 5.41 Å². The molecule has 3 fully saturated rings. The quantitative estimate of drug-likeness (QED) is 0.444. The standard InChI is InChI=1S/C20H24N4O4.CH2O2/c25-16-2-1-15(17(26)22-16)24-9-14-13(18(24)27)5-8-23(19(14)28)12-3-6-20(7-4-12)10-21-11-20;2-1-3/h5,8,12,15,21H,1-4,6-7,9-11H2,(H,22,25,26);1H,(H,2,3)/t15-;/m0./s1. The molecule has 2 saturated heterocycles. The molecule has 1 saturated carbocycles. The molecule has 166 valence electrons. The third kappa shape index (κ3) is 3.76. The van der Waals surface area contributed by atoms with Gasteiger partial charge in [-0.2, -0.15) is 0 Å². The van der Waals surface area contributed by atoms with Crippen molar-refractivity contribution in [3.63, 3.8) is 0 Å². The van der Waals surface area contributed by atoms with E-state index in [9.17, 15) is 19.2 Å². The van der Waals surface area contributed by atoms with Gasteiger partial charge in [0.1, 0.15) is 6.04 Å². The van der Waals surface area contributed by atoms with Crippen LogP contribution in [-0.2, 0) is 20.9 Å². The third-order valence-corrected chi connectivity index (χ3v) is 7.03. The molecule has 3 N–H and O–H groups in total. The summed E-state index contributed by atoms with van der Waals surface area (Å²) in [5, 5.41) is 12.5. The maximum atomic E-state index is 13.1. The molecule has 10 nitrogen and oxygen atoms in total. The minimum atomic E-state index is -0.689. The number of piperidine rings is 1. The number of carbonyl (C=O) groups excluding carboxylic acids is 3. The number of pyridine rings is 1. The molecule has 3 aliphatic heterocycles. The second-order valence-corrected chi connectivity index (χ2v) is 8.76. The molecule has 0 bridgehead atoms. The minimum Gasteiger partial charge on any atom is -0.483 e. The fourth-order valence-electron chi connectivity index (χ4n) is 5.19. The van der Waals surface area contributed by atoms with E-state index >= 15 is 0 Å². The number of hydrogen-bond acceptors (Lipinski definition) is 6. The summed E-state index contributed by atoms with van der Waals surface area (Å²) in [4.78, 5) is 59.3. The van der Waals surface area contributed by atoms with Gasteiger partial charge < -0.3 is 19.9 Å². The van der Waals surface area contributed by atoms with Gasteiger partial charge in [-0.05, 0) is 43.6 Å². The van der Waals surface area contributed by atoms with Crippen LogP contribution < -0.4 is 16.2 Å². The van der Waals surface area contributed by atoms with Crippen molar-refractivity contribution in [3.8, 4) is 0 Å². The summed E-state index contributed by atoms with van der Waals surface area (Å²) in [5.74, 6) is -1.06. The van der Waals surface area contributed by atoms with E-state index in [0.717, 1.165) is 38.8 Å². The van der Waals surface area contributed by atoms with Crippen molar-refractivity contribution in [2.45, 2.75) is 57.2 Å². The molecule has 31 heavy (non-hydrogen) atoms. The Kier molecular flexibility index (Phi) is 5.65. The average molecular weight is 430 g/mol. The van der Waals surface area contributed by atoms with E-state index in [4.69, 9.17) is 9.90 Å². The predicted molar refractivity (Wildman–Crippen MR) is 108 cm³/mol. The number of aromatic nitrogens is 1. The molecule has 4 aliphatic rings. The Morgan fingerprint density at radius 3 is 2.35 bits per heavy atom. The maximum Gasteiger partial charge on any atom is 0.290 e. The molecule has 0 unspecified atom stereocenters. The number of nitrogens with zero attached hydrogens (tertiary/aromatic N) is 2. The lowest BCUT2D eigenvalue weighted by Crippen LogP contribution is -2.55. The van der Waals surface area contributed by atoms with Gasteiger partial charge in [0.15, 0.2) is 0 Å². The minimum absolute atomic E-state index is 0.117. The Balaban J connectivity index is 0.000000730. The van der Waals surface area contributed by atoms with Gasteiger partial charge in [-0.3, -0.25) is 29.3 Å². The van der Waals surface area contributed by atoms with Crippen molar-refractivity contribution in [1.82, 2.24) is 20.1 Å². The van der Waals surface area contributed by atoms with Crippen LogP contribution in [0, 0.1) is 5.41 Å². The number of carbonyl (C=O) groups is 4. The highest BCUT2D eigenvalue weighted by molar-refractivity contribution is 6.05. The van der Waals surface area contributed by atoms with Gasteiger partial charge in [0, 0.05) is 37.3 Å². The molecule has 0 aromatic carbocycles. The lowest BCUT2D eigenvalue weighted by Gasteiger charge is -2.47. The highest BCUT2D eigenvalue weighted by Gasteiger charge is 2.42. The number of amides is 3. The topological polar surface area (TPSA) is 138 Å². The van der Waals surface area contributed by atoms with E-state index in [-0.39, 0.29) is 42.9 Å². The van der Waals surface area contributed by atoms with Gasteiger partial charge in [0.2, 0.25) is 11.8 Å². The van der Waals surface area contributed by atoms with Crippen LogP contribution in [-0.4, -0.2) is 57.9 Å². The van der Waals surface area contributed by atoms with Gasteiger partial charge in [-0.15, -0.1) is 0 Å². The Morgan fingerprint density at radius 1 is 1.10 bits per heavy atom. The second-order valence-electron chi connectivity index (χ2n) is 8.76. The molecule has 0 radical (unpaired) electrons. The highest BCUT2D eigenvalue weighted by Crippen LogP contribution is 2.43. The molecule has 3 amide bonds. The number of rotatable bonds is 2. The van der Waals surface area contributed by atoms with E-state index < -0.39 is 11.9 Å². The first-order chi connectivity index (χ1) is 14.9. The number of imide groups is 1. The summed E-state index contributed by atoms with van der Waals surface area (Å²) in [6, 6.07) is 1.20. The van der Waals surface area contributed by atoms with Gasteiger partial charge in [0.05, 0.1) is 12.1 Å². The van der Waals surface area contributed by atoms with Crippen LogP contribution in [0.1, 0.15) is 60.5 Å². The van der Waals surface area contributed by atoms with E-state index in [2.05, 4.69) is 10.6 Å². The summed E-state index contributed by atoms with van der Waals surface area (Å²) in [5.41, 5.74) is 1.17. The predicted octanol–water partition coefficient (Wildman–Crippen LogP) is 0.0148. The van der Waals surface area contributed by atoms with E-state index in [1.165, 1.54) is 4.90 Å². The molecule has 1 atom stereocenters. The summed E-state index contributed by atoms with van der Waals surface area (Å²) < 4.78 is 1.79. The fourth-order valence-corrected chi connectivity index (χ4v) is 5.19. The second kappa shape index (κ2) is 8.26. The number of carboxylic acid groups (broad SMARTS) is 1. The Morgan fingerprint density at radius 2 is 1.77 bits per heavy atom. The molecule has 10 heteroatoms. The van der Waals surface area contributed by atoms with Crippen LogP contribution in [0.5, 0.6) is 0 Å². The maximum absolute atomic E-state index is 13.1. The summed E-state index contributed by atoms with van der Waals surface area (Å²) >= 11 is 0. The Bertz CT molecular complexity index is 973. The smallest absolute Gasteiger partial charge is 0.290 e. The number of fused-ring (bicyclic) bond motifs is 1. The Labute approximate surface area is 178 Å². The van der Waals surface area contributed by atoms with E-state index in [1.807, 2.05) is 0 Å². The molecule has 1 aromatic rings. The zero-order chi connectivity index (χ0) is 22.2. The first-order valence-corrected chi connectivity index (χ1v) is 10.6. The first-order valence-electron chi connectivity index (χ1n) is 10.6. The van der Waals surface area contributed by atoms with Gasteiger partial charge in [0.25, 0.3) is 17.9 Å². The third-order valence-electron chi connectivity index (χ3n) is 7.03. The fraction of sp³-hybridized carbons (Fsp3) is 0.571. The molecule has 1 spiro atoms. The van der Waals surface area contributed by atoms with Gasteiger partial charge >= 0.3 is 0 Å². The van der Waals surface area contributed by atoms with Gasteiger partial charge in [-0.25, -0.2) is 0 Å². The summed E-state index contributed by atoms with van der Waals surface area (Å²) in [6.07, 6.45) is 6.45. The summed E-state index contributed by atoms with van der Waals surface area (Å²) in [6.45, 7) is 2.04. The zero-order valence-electron chi connectivity index (χ0n) is 17.1. The van der Waals surface area contributed by atoms with E-state index in [1.54, 1.807) is 16.8 Å². The zero-order valence-corrected chi connectivity index (χ0v) is 17.1. The number of hydrogen-bond donors (Lipinski definition) is 3. The molecule has 5 rings (SSSR count). The van der Waals surface area contributed by atoms with Crippen LogP contribution in [0.15, 0.2) is 17.1 Å². The van der Waals surface area contributed by atoms with Crippen LogP contribution in [0.3, 0.4) is 0 Å². The average Bonchev–Trinajstić information content (AvgIpc) is 3.05. The largest absolute Gasteiger partial charge is 0.483 e. The lowest BCUT2D eigenvalue weighted by atomic mass is 9.68. The van der Waals surface area contributed by atoms with Crippen LogP contribution in [0.2, 0.25) is 0 Å². The molecule has 1 aromatic heterocycles. The normalized spacial score (nSPS) is 24.7. The van der Waals surface area contributed by atoms with Crippen molar-refractivity contribution in [3.05, 3.63) is 33.7 Å². The van der Waals surface area contributed by atoms with Crippen LogP contribution >= 0.6 is 0 Å². The molecule has 4 heterocycles. The molecule has 1 aliphatic carbocycles. The summed E-state index contributed by atoms with van der Waals surface area (Å²) in [7, 11) is 0. The van der Waals surface area contributed by atoms with Crippen molar-refractivity contribution in [1.29, 1.82) is 0 Å². The Hall–Kier alpha value is -3.01. The lowest BCUT2D eigenvalue weighted by molar-refractivity contribution is -0.137. The van der Waals surface area contributed by atoms with E-state index in [0.29, 0.717) is 23.0 Å². The molecular weight excluding hydrogens is 404 g/mol.